The van der Waals surface area contributed by atoms with Crippen LogP contribution in [0.1, 0.15) is 36.1 Å². The number of carbonyl (C=O) groups excluding carboxylic acids is 1. The third-order valence-corrected chi connectivity index (χ3v) is 6.16. The van der Waals surface area contributed by atoms with Crippen molar-refractivity contribution in [3.63, 3.8) is 0 Å². The fraction of sp³-hybridized carbons (Fsp3) is 0.269. The number of benzene rings is 2. The topological polar surface area (TPSA) is 101 Å². The van der Waals surface area contributed by atoms with Gasteiger partial charge in [-0.2, -0.15) is 10.4 Å². The Kier molecular flexibility index (Phi) is 5.91. The molecule has 0 radical (unpaired) electrons. The predicted molar refractivity (Wildman–Crippen MR) is 125 cm³/mol. The van der Waals surface area contributed by atoms with Crippen LogP contribution in [0.5, 0.6) is 0 Å². The van der Waals surface area contributed by atoms with Gasteiger partial charge in [0.1, 0.15) is 6.54 Å². The van der Waals surface area contributed by atoms with Crippen LogP contribution in [-0.4, -0.2) is 43.9 Å². The fourth-order valence-electron chi connectivity index (χ4n) is 4.35. The Labute approximate surface area is 197 Å². The second-order valence-electron chi connectivity index (χ2n) is 8.45. The molecule has 0 aliphatic carbocycles. The fourth-order valence-corrected chi connectivity index (χ4v) is 4.35. The number of nitrogens with zero attached hydrogens (tertiary/aromatic N) is 6. The molecule has 5 rings (SSSR count). The molecule has 1 fully saturated rings. The molecule has 1 amide bonds. The molecule has 0 spiro atoms. The molecule has 8 heteroatoms. The first-order valence-electron chi connectivity index (χ1n) is 11.3. The number of aromatic nitrogens is 4. The van der Waals surface area contributed by atoms with Gasteiger partial charge < -0.3 is 9.32 Å². The molecule has 0 saturated carbocycles. The minimum Gasteiger partial charge on any atom is -0.425 e. The predicted octanol–water partition coefficient (Wildman–Crippen LogP) is 4.19. The Bertz CT molecular complexity index is 1340. The van der Waals surface area contributed by atoms with Gasteiger partial charge in [0.2, 0.25) is 17.7 Å². The summed E-state index contributed by atoms with van der Waals surface area (Å²) in [4.78, 5) is 15.1. The highest BCUT2D eigenvalue weighted by Gasteiger charge is 2.27. The SMILES string of the molecule is Cc1nnc(C2CCN(C(=O)Cn3nc(-c4cccc(C#N)c4)cc3-c3ccccc3)CC2)o1. The van der Waals surface area contributed by atoms with E-state index in [1.54, 1.807) is 17.7 Å². The van der Waals surface area contributed by atoms with Crippen LogP contribution in [-0.2, 0) is 11.3 Å². The Hall–Kier alpha value is -4.25. The van der Waals surface area contributed by atoms with E-state index in [1.807, 2.05) is 59.5 Å². The van der Waals surface area contributed by atoms with Crippen LogP contribution in [0.3, 0.4) is 0 Å². The number of hydrogen-bond donors (Lipinski definition) is 0. The largest absolute Gasteiger partial charge is 0.425 e. The molecular formula is C26H24N6O2. The summed E-state index contributed by atoms with van der Waals surface area (Å²) in [5, 5.41) is 22.1. The third-order valence-electron chi connectivity index (χ3n) is 6.16. The van der Waals surface area contributed by atoms with Crippen molar-refractivity contribution in [2.24, 2.45) is 0 Å². The van der Waals surface area contributed by atoms with Crippen LogP contribution < -0.4 is 0 Å². The van der Waals surface area contributed by atoms with Crippen molar-refractivity contribution < 1.29 is 9.21 Å². The number of piperidine rings is 1. The first-order chi connectivity index (χ1) is 16.6. The zero-order valence-electron chi connectivity index (χ0n) is 18.9. The summed E-state index contributed by atoms with van der Waals surface area (Å²) < 4.78 is 7.34. The monoisotopic (exact) mass is 452 g/mol. The second kappa shape index (κ2) is 9.32. The van der Waals surface area contributed by atoms with E-state index in [0.717, 1.165) is 35.4 Å². The molecule has 3 heterocycles. The van der Waals surface area contributed by atoms with Gasteiger partial charge in [-0.05, 0) is 36.6 Å². The van der Waals surface area contributed by atoms with Crippen LogP contribution in [0.2, 0.25) is 0 Å². The number of rotatable bonds is 5. The number of hydrogen-bond acceptors (Lipinski definition) is 6. The lowest BCUT2D eigenvalue weighted by molar-refractivity contribution is -0.133. The maximum absolute atomic E-state index is 13.2. The van der Waals surface area contributed by atoms with Crippen LogP contribution in [0, 0.1) is 18.3 Å². The zero-order valence-corrected chi connectivity index (χ0v) is 18.9. The van der Waals surface area contributed by atoms with Crippen molar-refractivity contribution in [1.29, 1.82) is 5.26 Å². The number of nitriles is 1. The number of amides is 1. The lowest BCUT2D eigenvalue weighted by atomic mass is 9.97. The summed E-state index contributed by atoms with van der Waals surface area (Å²) in [6, 6.07) is 21.4. The summed E-state index contributed by atoms with van der Waals surface area (Å²) in [5.74, 6) is 1.44. The Balaban J connectivity index is 1.36. The summed E-state index contributed by atoms with van der Waals surface area (Å²) in [7, 11) is 0. The number of likely N-dealkylation sites (tertiary alicyclic amines) is 1. The van der Waals surface area contributed by atoms with E-state index in [9.17, 15) is 10.1 Å². The van der Waals surface area contributed by atoms with Crippen LogP contribution in [0.25, 0.3) is 22.5 Å². The summed E-state index contributed by atoms with van der Waals surface area (Å²) in [6.45, 7) is 3.22. The molecule has 0 bridgehead atoms. The van der Waals surface area contributed by atoms with Crippen molar-refractivity contribution in [3.05, 3.63) is 78.0 Å². The maximum Gasteiger partial charge on any atom is 0.244 e. The minimum atomic E-state index is 0.0257. The lowest BCUT2D eigenvalue weighted by Crippen LogP contribution is -2.40. The molecule has 34 heavy (non-hydrogen) atoms. The van der Waals surface area contributed by atoms with Crippen LogP contribution in [0.4, 0.5) is 0 Å². The Morgan fingerprint density at radius 1 is 1.06 bits per heavy atom. The van der Waals surface area contributed by atoms with Crippen LogP contribution in [0.15, 0.2) is 65.1 Å². The molecule has 4 aromatic rings. The Morgan fingerprint density at radius 3 is 2.53 bits per heavy atom. The van der Waals surface area contributed by atoms with Crippen LogP contribution >= 0.6 is 0 Å². The smallest absolute Gasteiger partial charge is 0.244 e. The maximum atomic E-state index is 13.2. The molecular weight excluding hydrogens is 428 g/mol. The first-order valence-corrected chi connectivity index (χ1v) is 11.3. The number of aryl methyl sites for hydroxylation is 1. The van der Waals surface area contributed by atoms with E-state index in [1.165, 1.54) is 0 Å². The molecule has 170 valence electrons. The molecule has 2 aromatic heterocycles. The lowest BCUT2D eigenvalue weighted by Gasteiger charge is -2.30. The van der Waals surface area contributed by atoms with E-state index in [-0.39, 0.29) is 18.4 Å². The molecule has 8 nitrogen and oxygen atoms in total. The number of carbonyl (C=O) groups is 1. The standard InChI is InChI=1S/C26H24N6O2/c1-18-28-29-26(34-18)21-10-12-31(13-11-21)25(33)17-32-24(20-7-3-2-4-8-20)15-23(30-32)22-9-5-6-19(14-22)16-27/h2-9,14-15,21H,10-13,17H2,1H3. The Morgan fingerprint density at radius 2 is 1.82 bits per heavy atom. The normalized spacial score (nSPS) is 14.2. The van der Waals surface area contributed by atoms with E-state index in [0.29, 0.717) is 30.4 Å². The van der Waals surface area contributed by atoms with E-state index in [4.69, 9.17) is 9.52 Å². The average molecular weight is 453 g/mol. The summed E-state index contributed by atoms with van der Waals surface area (Å²) in [5.41, 5.74) is 3.99. The van der Waals surface area contributed by atoms with Gasteiger partial charge in [0.25, 0.3) is 0 Å². The molecule has 0 N–H and O–H groups in total. The third kappa shape index (κ3) is 4.46. The van der Waals surface area contributed by atoms with Crippen molar-refractivity contribution in [2.75, 3.05) is 13.1 Å². The van der Waals surface area contributed by atoms with Crippen molar-refractivity contribution in [1.82, 2.24) is 24.9 Å². The molecule has 2 aromatic carbocycles. The quantitative estimate of drug-likeness (QED) is 0.450. The van der Waals surface area contributed by atoms with Gasteiger partial charge in [-0.25, -0.2) is 0 Å². The van der Waals surface area contributed by atoms with Crippen molar-refractivity contribution in [3.8, 4) is 28.6 Å². The zero-order chi connectivity index (χ0) is 23.5. The average Bonchev–Trinajstić information content (AvgIpc) is 3.51. The second-order valence-corrected chi connectivity index (χ2v) is 8.45. The highest BCUT2D eigenvalue weighted by atomic mass is 16.4. The van der Waals surface area contributed by atoms with Gasteiger partial charge >= 0.3 is 0 Å². The highest BCUT2D eigenvalue weighted by molar-refractivity contribution is 5.78. The molecule has 1 aliphatic rings. The molecule has 1 saturated heterocycles. The minimum absolute atomic E-state index is 0.0257. The summed E-state index contributed by atoms with van der Waals surface area (Å²) >= 11 is 0. The van der Waals surface area contributed by atoms with Crippen molar-refractivity contribution >= 4 is 5.91 Å². The summed E-state index contributed by atoms with van der Waals surface area (Å²) in [6.07, 6.45) is 1.59. The van der Waals surface area contributed by atoms with E-state index >= 15 is 0 Å². The highest BCUT2D eigenvalue weighted by Crippen LogP contribution is 2.29. The van der Waals surface area contributed by atoms with Crippen molar-refractivity contribution in [2.45, 2.75) is 32.2 Å². The van der Waals surface area contributed by atoms with Gasteiger partial charge in [-0.3, -0.25) is 9.48 Å². The molecule has 0 atom stereocenters. The van der Waals surface area contributed by atoms with Gasteiger partial charge in [0, 0.05) is 31.5 Å². The first kappa shape index (κ1) is 21.6. The van der Waals surface area contributed by atoms with Gasteiger partial charge in [0.05, 0.1) is 23.0 Å². The van der Waals surface area contributed by atoms with Gasteiger partial charge in [-0.1, -0.05) is 42.5 Å². The van der Waals surface area contributed by atoms with Gasteiger partial charge in [-0.15, -0.1) is 10.2 Å². The van der Waals surface area contributed by atoms with Gasteiger partial charge in [0.15, 0.2) is 0 Å². The molecule has 1 aliphatic heterocycles. The van der Waals surface area contributed by atoms with E-state index in [2.05, 4.69) is 16.3 Å². The molecule has 0 unspecified atom stereocenters. The van der Waals surface area contributed by atoms with E-state index < -0.39 is 0 Å².